The Labute approximate surface area is 132 Å². The van der Waals surface area contributed by atoms with Crippen molar-refractivity contribution in [3.05, 3.63) is 53.9 Å². The average molecular weight is 325 g/mol. The second-order valence-electron chi connectivity index (χ2n) is 4.72. The number of imidazole rings is 1. The summed E-state index contributed by atoms with van der Waals surface area (Å²) in [6, 6.07) is 6.53. The van der Waals surface area contributed by atoms with Gasteiger partial charge in [-0.2, -0.15) is 8.78 Å². The highest BCUT2D eigenvalue weighted by Gasteiger charge is 2.11. The number of halogens is 3. The maximum atomic E-state index is 13.5. The minimum absolute atomic E-state index is 0.108. The zero-order valence-corrected chi connectivity index (χ0v) is 12.6. The van der Waals surface area contributed by atoms with Crippen molar-refractivity contribution in [1.29, 1.82) is 0 Å². The van der Waals surface area contributed by atoms with Crippen LogP contribution in [0, 0.1) is 5.82 Å². The highest BCUT2D eigenvalue weighted by atomic mass is 19.3. The molecule has 0 fully saturated rings. The smallest absolute Gasteiger partial charge is 0.319 e. The molecule has 8 heteroatoms. The second-order valence-corrected chi connectivity index (χ2v) is 4.72. The summed E-state index contributed by atoms with van der Waals surface area (Å²) in [4.78, 5) is 7.86. The highest BCUT2D eigenvalue weighted by Crippen LogP contribution is 2.11. The Balaban J connectivity index is 1.82. The van der Waals surface area contributed by atoms with Gasteiger partial charge in [-0.25, -0.2) is 9.37 Å². The summed E-state index contributed by atoms with van der Waals surface area (Å²) in [6.07, 6.45) is 3.02. The topological polar surface area (TPSA) is 54.2 Å². The zero-order valence-electron chi connectivity index (χ0n) is 12.6. The van der Waals surface area contributed by atoms with Crippen LogP contribution in [0.5, 0.6) is 0 Å². The minimum atomic E-state index is -2.63. The lowest BCUT2D eigenvalue weighted by Crippen LogP contribution is -2.38. The van der Waals surface area contributed by atoms with Crippen molar-refractivity contribution in [1.82, 2.24) is 20.2 Å². The number of benzene rings is 1. The molecule has 124 valence electrons. The maximum Gasteiger partial charge on any atom is 0.319 e. The van der Waals surface area contributed by atoms with Crippen LogP contribution in [-0.4, -0.2) is 29.1 Å². The molecule has 0 unspecified atom stereocenters. The molecular formula is C15H18F3N5. The van der Waals surface area contributed by atoms with Crippen molar-refractivity contribution in [3.8, 4) is 0 Å². The molecule has 5 nitrogen and oxygen atoms in total. The van der Waals surface area contributed by atoms with Crippen molar-refractivity contribution in [2.24, 2.45) is 4.99 Å². The summed E-state index contributed by atoms with van der Waals surface area (Å²) in [5.74, 6) is 0.387. The van der Waals surface area contributed by atoms with E-state index in [0.717, 1.165) is 4.57 Å². The van der Waals surface area contributed by atoms with Gasteiger partial charge < -0.3 is 10.6 Å². The molecule has 0 saturated carbocycles. The van der Waals surface area contributed by atoms with Crippen molar-refractivity contribution >= 4 is 5.96 Å². The Morgan fingerprint density at radius 2 is 2.09 bits per heavy atom. The third kappa shape index (κ3) is 4.73. The molecule has 2 aromatic rings. The summed E-state index contributed by atoms with van der Waals surface area (Å²) in [7, 11) is 1.57. The van der Waals surface area contributed by atoms with Gasteiger partial charge in [0.2, 0.25) is 0 Å². The molecule has 0 aliphatic rings. The number of hydrogen-bond acceptors (Lipinski definition) is 2. The first-order chi connectivity index (χ1) is 11.1. The second kappa shape index (κ2) is 8.21. The fourth-order valence-corrected chi connectivity index (χ4v) is 2.06. The summed E-state index contributed by atoms with van der Waals surface area (Å²) < 4.78 is 39.7. The Bertz CT molecular complexity index is 654. The minimum Gasteiger partial charge on any atom is -0.356 e. The number of hydrogen-bond donors (Lipinski definition) is 2. The van der Waals surface area contributed by atoms with Gasteiger partial charge in [-0.1, -0.05) is 18.2 Å². The van der Waals surface area contributed by atoms with Crippen LogP contribution in [0.3, 0.4) is 0 Å². The molecule has 0 spiro atoms. The average Bonchev–Trinajstić information content (AvgIpc) is 3.01. The lowest BCUT2D eigenvalue weighted by Gasteiger charge is -2.12. The maximum absolute atomic E-state index is 13.5. The Kier molecular flexibility index (Phi) is 6.02. The molecule has 23 heavy (non-hydrogen) atoms. The van der Waals surface area contributed by atoms with Crippen molar-refractivity contribution in [2.75, 3.05) is 13.6 Å². The number of aromatic nitrogens is 2. The SMILES string of the molecule is CN=C(NCCc1ccccc1F)NCc1nccn1C(F)F. The number of rotatable bonds is 6. The molecule has 0 saturated heterocycles. The summed E-state index contributed by atoms with van der Waals surface area (Å²) in [6.45, 7) is -2.06. The standard InChI is InChI=1S/C15H18F3N5/c1-19-15(21-7-6-11-4-2-3-5-12(11)16)22-10-13-20-8-9-23(13)14(17)18/h2-5,8-9,14H,6-7,10H2,1H3,(H2,19,21,22). The van der Waals surface area contributed by atoms with Crippen molar-refractivity contribution < 1.29 is 13.2 Å². The van der Waals surface area contributed by atoms with E-state index in [1.807, 2.05) is 0 Å². The molecule has 0 atom stereocenters. The summed E-state index contributed by atoms with van der Waals surface area (Å²) >= 11 is 0. The van der Waals surface area contributed by atoms with Crippen LogP contribution >= 0.6 is 0 Å². The molecule has 0 radical (unpaired) electrons. The summed E-state index contributed by atoms with van der Waals surface area (Å²) in [5, 5.41) is 5.90. The van der Waals surface area contributed by atoms with Gasteiger partial charge in [-0.3, -0.25) is 9.56 Å². The van der Waals surface area contributed by atoms with E-state index >= 15 is 0 Å². The molecule has 1 aromatic heterocycles. The van der Waals surface area contributed by atoms with E-state index in [4.69, 9.17) is 0 Å². The molecule has 2 N–H and O–H groups in total. The van der Waals surface area contributed by atoms with Crippen LogP contribution in [-0.2, 0) is 13.0 Å². The largest absolute Gasteiger partial charge is 0.356 e. The molecule has 0 amide bonds. The van der Waals surface area contributed by atoms with E-state index in [2.05, 4.69) is 20.6 Å². The zero-order chi connectivity index (χ0) is 16.7. The third-order valence-corrected chi connectivity index (χ3v) is 3.24. The molecule has 2 rings (SSSR count). The van der Waals surface area contributed by atoms with Crippen LogP contribution < -0.4 is 10.6 Å². The van der Waals surface area contributed by atoms with Gasteiger partial charge in [0.25, 0.3) is 0 Å². The van der Waals surface area contributed by atoms with Crippen molar-refractivity contribution in [2.45, 2.75) is 19.5 Å². The van der Waals surface area contributed by atoms with Gasteiger partial charge in [-0.05, 0) is 18.1 Å². The number of nitrogens with one attached hydrogen (secondary N) is 2. The number of nitrogens with zero attached hydrogens (tertiary/aromatic N) is 3. The first kappa shape index (κ1) is 16.9. The van der Waals surface area contributed by atoms with E-state index in [-0.39, 0.29) is 18.2 Å². The van der Waals surface area contributed by atoms with Crippen LogP contribution in [0.4, 0.5) is 13.2 Å². The molecule has 0 bridgehead atoms. The fraction of sp³-hybridized carbons (Fsp3) is 0.333. The predicted octanol–water partition coefficient (Wildman–Crippen LogP) is 2.33. The van der Waals surface area contributed by atoms with Crippen LogP contribution in [0.15, 0.2) is 41.7 Å². The van der Waals surface area contributed by atoms with E-state index in [1.54, 1.807) is 25.2 Å². The van der Waals surface area contributed by atoms with Gasteiger partial charge in [0.15, 0.2) is 5.96 Å². The Hall–Kier alpha value is -2.51. The van der Waals surface area contributed by atoms with Gasteiger partial charge in [0.05, 0.1) is 6.54 Å². The van der Waals surface area contributed by atoms with Gasteiger partial charge >= 0.3 is 6.55 Å². The Morgan fingerprint density at radius 3 is 2.78 bits per heavy atom. The highest BCUT2D eigenvalue weighted by molar-refractivity contribution is 5.79. The molecule has 1 heterocycles. The molecule has 1 aromatic carbocycles. The predicted molar refractivity (Wildman–Crippen MR) is 81.8 cm³/mol. The molecular weight excluding hydrogens is 307 g/mol. The van der Waals surface area contributed by atoms with E-state index < -0.39 is 6.55 Å². The quantitative estimate of drug-likeness (QED) is 0.633. The molecule has 0 aliphatic carbocycles. The lowest BCUT2D eigenvalue weighted by atomic mass is 10.1. The molecule has 0 aliphatic heterocycles. The first-order valence-corrected chi connectivity index (χ1v) is 7.09. The number of aliphatic imine (C=N–C) groups is 1. The van der Waals surface area contributed by atoms with Crippen LogP contribution in [0.2, 0.25) is 0 Å². The van der Waals surface area contributed by atoms with E-state index in [0.29, 0.717) is 24.5 Å². The summed E-state index contributed by atoms with van der Waals surface area (Å²) in [5.41, 5.74) is 0.601. The fourth-order valence-electron chi connectivity index (χ4n) is 2.06. The Morgan fingerprint density at radius 1 is 1.30 bits per heavy atom. The monoisotopic (exact) mass is 325 g/mol. The van der Waals surface area contributed by atoms with E-state index in [1.165, 1.54) is 18.5 Å². The lowest BCUT2D eigenvalue weighted by molar-refractivity contribution is 0.0668. The van der Waals surface area contributed by atoms with Crippen molar-refractivity contribution in [3.63, 3.8) is 0 Å². The van der Waals surface area contributed by atoms with Crippen LogP contribution in [0.25, 0.3) is 0 Å². The third-order valence-electron chi connectivity index (χ3n) is 3.24. The van der Waals surface area contributed by atoms with Gasteiger partial charge in [0, 0.05) is 26.0 Å². The normalized spacial score (nSPS) is 11.8. The number of alkyl halides is 2. The van der Waals surface area contributed by atoms with Gasteiger partial charge in [-0.15, -0.1) is 0 Å². The van der Waals surface area contributed by atoms with E-state index in [9.17, 15) is 13.2 Å². The van der Waals surface area contributed by atoms with Gasteiger partial charge in [0.1, 0.15) is 11.6 Å². The van der Waals surface area contributed by atoms with Crippen LogP contribution in [0.1, 0.15) is 17.9 Å². The first-order valence-electron chi connectivity index (χ1n) is 7.09. The number of guanidine groups is 1.